The van der Waals surface area contributed by atoms with Crippen molar-refractivity contribution in [1.82, 2.24) is 9.97 Å². The van der Waals surface area contributed by atoms with Crippen LogP contribution in [0.4, 0.5) is 11.6 Å². The first kappa shape index (κ1) is 15.1. The van der Waals surface area contributed by atoms with Crippen LogP contribution in [0, 0.1) is 6.92 Å². The van der Waals surface area contributed by atoms with Crippen LogP contribution < -0.4 is 10.2 Å². The van der Waals surface area contributed by atoms with E-state index in [1.165, 1.54) is 38.5 Å². The van der Waals surface area contributed by atoms with Crippen LogP contribution >= 0.6 is 0 Å². The van der Waals surface area contributed by atoms with Gasteiger partial charge in [0.15, 0.2) is 0 Å². The molecular weight excluding hydrogens is 248 g/mol. The van der Waals surface area contributed by atoms with Gasteiger partial charge in [0.2, 0.25) is 0 Å². The second kappa shape index (κ2) is 7.46. The molecule has 0 spiro atoms. The third-order valence-corrected chi connectivity index (χ3v) is 4.11. The van der Waals surface area contributed by atoms with E-state index in [0.29, 0.717) is 6.04 Å². The van der Waals surface area contributed by atoms with Crippen molar-refractivity contribution >= 4 is 11.6 Å². The molecule has 0 radical (unpaired) electrons. The van der Waals surface area contributed by atoms with Crippen LogP contribution in [-0.4, -0.2) is 29.6 Å². The predicted octanol–water partition coefficient (Wildman–Crippen LogP) is 3.77. The molecule has 1 aromatic heterocycles. The van der Waals surface area contributed by atoms with E-state index in [4.69, 9.17) is 0 Å². The average molecular weight is 276 g/mol. The Labute approximate surface area is 123 Å². The lowest BCUT2D eigenvalue weighted by molar-refractivity contribution is 0.548. The Kier molecular flexibility index (Phi) is 5.62. The molecule has 0 atom stereocenters. The summed E-state index contributed by atoms with van der Waals surface area (Å²) in [6.07, 6.45) is 9.15. The molecule has 1 aromatic rings. The molecule has 1 heterocycles. The summed E-state index contributed by atoms with van der Waals surface area (Å²) in [6.45, 7) is 5.10. The van der Waals surface area contributed by atoms with E-state index in [1.54, 1.807) is 0 Å². The van der Waals surface area contributed by atoms with Gasteiger partial charge in [-0.05, 0) is 26.2 Å². The second-order valence-corrected chi connectivity index (χ2v) is 5.84. The first-order valence-corrected chi connectivity index (χ1v) is 8.03. The van der Waals surface area contributed by atoms with Gasteiger partial charge in [-0.3, -0.25) is 0 Å². The lowest BCUT2D eigenvalue weighted by Crippen LogP contribution is -2.32. The van der Waals surface area contributed by atoms with Gasteiger partial charge in [-0.2, -0.15) is 0 Å². The van der Waals surface area contributed by atoms with Crippen LogP contribution in [0.15, 0.2) is 6.07 Å². The van der Waals surface area contributed by atoms with Crippen LogP contribution in [0.3, 0.4) is 0 Å². The minimum absolute atomic E-state index is 0.630. The smallest absolute Gasteiger partial charge is 0.134 e. The van der Waals surface area contributed by atoms with Crippen LogP contribution in [-0.2, 0) is 0 Å². The van der Waals surface area contributed by atoms with E-state index in [-0.39, 0.29) is 0 Å². The molecule has 112 valence electrons. The van der Waals surface area contributed by atoms with Gasteiger partial charge in [0.05, 0.1) is 0 Å². The molecule has 0 bridgehead atoms. The van der Waals surface area contributed by atoms with Crippen LogP contribution in [0.5, 0.6) is 0 Å². The van der Waals surface area contributed by atoms with E-state index < -0.39 is 0 Å². The molecule has 1 N–H and O–H groups in total. The molecule has 4 heteroatoms. The average Bonchev–Trinajstić information content (AvgIpc) is 2.72. The monoisotopic (exact) mass is 276 g/mol. The van der Waals surface area contributed by atoms with E-state index in [1.807, 2.05) is 6.92 Å². The van der Waals surface area contributed by atoms with Gasteiger partial charge in [0.1, 0.15) is 17.5 Å². The number of hydrogen-bond acceptors (Lipinski definition) is 4. The summed E-state index contributed by atoms with van der Waals surface area (Å²) < 4.78 is 0. The molecule has 1 aliphatic rings. The molecule has 20 heavy (non-hydrogen) atoms. The Balaban J connectivity index is 2.11. The summed E-state index contributed by atoms with van der Waals surface area (Å²) in [5, 5.41) is 3.37. The number of nitrogens with one attached hydrogen (secondary N) is 1. The summed E-state index contributed by atoms with van der Waals surface area (Å²) in [7, 11) is 2.18. The third kappa shape index (κ3) is 4.09. The lowest BCUT2D eigenvalue weighted by Gasteiger charge is -2.28. The second-order valence-electron chi connectivity index (χ2n) is 5.84. The van der Waals surface area contributed by atoms with E-state index >= 15 is 0 Å². The summed E-state index contributed by atoms with van der Waals surface area (Å²) in [4.78, 5) is 11.4. The van der Waals surface area contributed by atoms with Gasteiger partial charge < -0.3 is 10.2 Å². The molecule has 4 nitrogen and oxygen atoms in total. The molecule has 0 saturated heterocycles. The molecule has 0 aromatic carbocycles. The van der Waals surface area contributed by atoms with Crippen LogP contribution in [0.2, 0.25) is 0 Å². The maximum absolute atomic E-state index is 4.62. The number of aryl methyl sites for hydroxylation is 1. The van der Waals surface area contributed by atoms with Crippen molar-refractivity contribution < 1.29 is 0 Å². The third-order valence-electron chi connectivity index (χ3n) is 4.11. The molecule has 0 amide bonds. The van der Waals surface area contributed by atoms with E-state index in [2.05, 4.69) is 40.2 Å². The lowest BCUT2D eigenvalue weighted by atomic mass is 10.1. The highest BCUT2D eigenvalue weighted by atomic mass is 15.2. The van der Waals surface area contributed by atoms with E-state index in [9.17, 15) is 0 Å². The molecule has 0 aliphatic heterocycles. The van der Waals surface area contributed by atoms with Gasteiger partial charge in [-0.15, -0.1) is 0 Å². The topological polar surface area (TPSA) is 41.0 Å². The maximum atomic E-state index is 4.62. The van der Waals surface area contributed by atoms with Crippen molar-refractivity contribution in [3.63, 3.8) is 0 Å². The zero-order valence-electron chi connectivity index (χ0n) is 13.2. The zero-order valence-corrected chi connectivity index (χ0v) is 13.2. The maximum Gasteiger partial charge on any atom is 0.134 e. The fourth-order valence-corrected chi connectivity index (χ4v) is 2.91. The largest absolute Gasteiger partial charge is 0.370 e. The minimum Gasteiger partial charge on any atom is -0.370 e. The van der Waals surface area contributed by atoms with Crippen LogP contribution in [0.1, 0.15) is 57.7 Å². The first-order valence-electron chi connectivity index (χ1n) is 8.03. The van der Waals surface area contributed by atoms with Gasteiger partial charge in [0, 0.05) is 25.7 Å². The Bertz CT molecular complexity index is 411. The quantitative estimate of drug-likeness (QED) is 0.831. The summed E-state index contributed by atoms with van der Waals surface area (Å²) in [6, 6.07) is 2.72. The Morgan fingerprint density at radius 1 is 1.20 bits per heavy atom. The molecule has 1 fully saturated rings. The summed E-state index contributed by atoms with van der Waals surface area (Å²) >= 11 is 0. The fraction of sp³-hybridized carbons (Fsp3) is 0.750. The minimum atomic E-state index is 0.630. The molecule has 1 aliphatic carbocycles. The molecule has 2 rings (SSSR count). The standard InChI is InChI=1S/C16H28N4/c1-4-11-17-15-12-16(19-13(2)18-15)20(3)14-9-7-5-6-8-10-14/h12,14H,4-11H2,1-3H3,(H,17,18,19). The van der Waals surface area contributed by atoms with Crippen molar-refractivity contribution in [1.29, 1.82) is 0 Å². The SMILES string of the molecule is CCCNc1cc(N(C)C2CCCCCC2)nc(C)n1. The Hall–Kier alpha value is -1.32. The van der Waals surface area contributed by atoms with Gasteiger partial charge in [-0.25, -0.2) is 9.97 Å². The zero-order chi connectivity index (χ0) is 14.4. The normalized spacial score (nSPS) is 16.8. The predicted molar refractivity (Wildman–Crippen MR) is 85.4 cm³/mol. The number of hydrogen-bond donors (Lipinski definition) is 1. The van der Waals surface area contributed by atoms with Crippen molar-refractivity contribution in [2.45, 2.75) is 64.8 Å². The molecular formula is C16H28N4. The van der Waals surface area contributed by atoms with Crippen molar-refractivity contribution in [3.05, 3.63) is 11.9 Å². The summed E-state index contributed by atoms with van der Waals surface area (Å²) in [5.41, 5.74) is 0. The molecule has 0 unspecified atom stereocenters. The molecule has 1 saturated carbocycles. The van der Waals surface area contributed by atoms with Crippen molar-refractivity contribution in [3.8, 4) is 0 Å². The fourth-order valence-electron chi connectivity index (χ4n) is 2.91. The van der Waals surface area contributed by atoms with Crippen LogP contribution in [0.25, 0.3) is 0 Å². The van der Waals surface area contributed by atoms with Gasteiger partial charge in [0.25, 0.3) is 0 Å². The highest BCUT2D eigenvalue weighted by Gasteiger charge is 2.18. The number of aromatic nitrogens is 2. The highest BCUT2D eigenvalue weighted by molar-refractivity contribution is 5.49. The first-order chi connectivity index (χ1) is 9.70. The Morgan fingerprint density at radius 2 is 1.90 bits per heavy atom. The van der Waals surface area contributed by atoms with E-state index in [0.717, 1.165) is 30.4 Å². The number of nitrogens with zero attached hydrogens (tertiary/aromatic N) is 3. The summed E-state index contributed by atoms with van der Waals surface area (Å²) in [5.74, 6) is 2.86. The number of rotatable bonds is 5. The highest BCUT2D eigenvalue weighted by Crippen LogP contribution is 2.25. The van der Waals surface area contributed by atoms with Gasteiger partial charge in [-0.1, -0.05) is 32.6 Å². The Morgan fingerprint density at radius 3 is 2.55 bits per heavy atom. The van der Waals surface area contributed by atoms with Gasteiger partial charge >= 0.3 is 0 Å². The van der Waals surface area contributed by atoms with Crippen molar-refractivity contribution in [2.75, 3.05) is 23.8 Å². The number of anilines is 2. The van der Waals surface area contributed by atoms with Crippen molar-refractivity contribution in [2.24, 2.45) is 0 Å².